The number of hydrogen-bond donors (Lipinski definition) is 1. The fourth-order valence-corrected chi connectivity index (χ4v) is 4.30. The fourth-order valence-electron chi connectivity index (χ4n) is 4.30. The maximum Gasteiger partial charge on any atom is 0.00966 e. The molecule has 1 spiro atoms. The van der Waals surface area contributed by atoms with Gasteiger partial charge in [0, 0.05) is 25.0 Å². The van der Waals surface area contributed by atoms with Crippen LogP contribution >= 0.6 is 0 Å². The first kappa shape index (κ1) is 11.9. The number of hydrogen-bond acceptors (Lipinski definition) is 2. The Bertz CT molecular complexity index is 440. The second-order valence-electron chi connectivity index (χ2n) is 6.73. The normalized spacial score (nSPS) is 35.9. The summed E-state index contributed by atoms with van der Waals surface area (Å²) in [7, 11) is 0. The average Bonchev–Trinajstić information content (AvgIpc) is 3.24. The van der Waals surface area contributed by atoms with Gasteiger partial charge >= 0.3 is 0 Å². The first-order valence-electron chi connectivity index (χ1n) is 7.87. The summed E-state index contributed by atoms with van der Waals surface area (Å²) in [5, 5.41) is 3.63. The largest absolute Gasteiger partial charge is 0.316 e. The number of likely N-dealkylation sites (tertiary alicyclic amines) is 1. The molecule has 1 saturated carbocycles. The molecule has 0 aromatic heterocycles. The van der Waals surface area contributed by atoms with Gasteiger partial charge in [-0.1, -0.05) is 30.3 Å². The lowest BCUT2D eigenvalue weighted by Gasteiger charge is -2.42. The van der Waals surface area contributed by atoms with Crippen molar-refractivity contribution in [1.82, 2.24) is 10.2 Å². The molecule has 19 heavy (non-hydrogen) atoms. The molecule has 102 valence electrons. The molecular weight excluding hydrogens is 232 g/mol. The minimum absolute atomic E-state index is 0.551. The SMILES string of the molecule is c1ccc(C2CNCCC23CCN(C2CC2)C3)cc1. The van der Waals surface area contributed by atoms with Gasteiger partial charge in [0.1, 0.15) is 0 Å². The van der Waals surface area contributed by atoms with Crippen molar-refractivity contribution in [2.75, 3.05) is 26.2 Å². The van der Waals surface area contributed by atoms with E-state index in [0.29, 0.717) is 11.3 Å². The molecule has 3 fully saturated rings. The minimum atomic E-state index is 0.551. The predicted octanol–water partition coefficient (Wildman–Crippen LogP) is 2.62. The van der Waals surface area contributed by atoms with Gasteiger partial charge in [-0.25, -0.2) is 0 Å². The van der Waals surface area contributed by atoms with Crippen LogP contribution in [0.4, 0.5) is 0 Å². The summed E-state index contributed by atoms with van der Waals surface area (Å²) in [6.07, 6.45) is 5.66. The van der Waals surface area contributed by atoms with Crippen molar-refractivity contribution in [1.29, 1.82) is 0 Å². The second kappa shape index (κ2) is 4.60. The zero-order valence-electron chi connectivity index (χ0n) is 11.6. The third-order valence-corrected chi connectivity index (χ3v) is 5.57. The van der Waals surface area contributed by atoms with Gasteiger partial charge in [-0.05, 0) is 49.8 Å². The molecule has 2 saturated heterocycles. The summed E-state index contributed by atoms with van der Waals surface area (Å²) >= 11 is 0. The molecule has 2 nitrogen and oxygen atoms in total. The molecule has 3 aliphatic rings. The molecular formula is C17H24N2. The van der Waals surface area contributed by atoms with Gasteiger partial charge in [-0.15, -0.1) is 0 Å². The number of benzene rings is 1. The molecule has 2 unspecified atom stereocenters. The maximum atomic E-state index is 3.63. The van der Waals surface area contributed by atoms with Gasteiger partial charge in [0.15, 0.2) is 0 Å². The van der Waals surface area contributed by atoms with Gasteiger partial charge < -0.3 is 5.32 Å². The van der Waals surface area contributed by atoms with Crippen LogP contribution < -0.4 is 5.32 Å². The monoisotopic (exact) mass is 256 g/mol. The quantitative estimate of drug-likeness (QED) is 0.875. The lowest BCUT2D eigenvalue weighted by molar-refractivity contribution is 0.160. The Morgan fingerprint density at radius 3 is 2.74 bits per heavy atom. The fraction of sp³-hybridized carbons (Fsp3) is 0.647. The Morgan fingerprint density at radius 1 is 1.11 bits per heavy atom. The van der Waals surface area contributed by atoms with E-state index in [0.717, 1.165) is 6.04 Å². The second-order valence-corrected chi connectivity index (χ2v) is 6.73. The van der Waals surface area contributed by atoms with E-state index >= 15 is 0 Å². The van der Waals surface area contributed by atoms with Crippen LogP contribution in [0.2, 0.25) is 0 Å². The molecule has 0 radical (unpaired) electrons. The summed E-state index contributed by atoms with van der Waals surface area (Å²) in [4.78, 5) is 2.78. The number of nitrogens with one attached hydrogen (secondary N) is 1. The molecule has 4 rings (SSSR count). The maximum absolute atomic E-state index is 3.63. The zero-order valence-corrected chi connectivity index (χ0v) is 11.6. The van der Waals surface area contributed by atoms with Gasteiger partial charge in [0.2, 0.25) is 0 Å². The van der Waals surface area contributed by atoms with E-state index in [4.69, 9.17) is 0 Å². The Balaban J connectivity index is 1.61. The Labute approximate surface area is 116 Å². The van der Waals surface area contributed by atoms with Crippen LogP contribution in [0, 0.1) is 5.41 Å². The number of rotatable bonds is 2. The van der Waals surface area contributed by atoms with Crippen LogP contribution in [-0.4, -0.2) is 37.1 Å². The highest BCUT2D eigenvalue weighted by Crippen LogP contribution is 2.49. The van der Waals surface area contributed by atoms with Gasteiger partial charge in [-0.3, -0.25) is 4.90 Å². The number of nitrogens with zero attached hydrogens (tertiary/aromatic N) is 1. The third-order valence-electron chi connectivity index (χ3n) is 5.57. The molecule has 1 aromatic rings. The van der Waals surface area contributed by atoms with Crippen LogP contribution in [-0.2, 0) is 0 Å². The molecule has 0 bridgehead atoms. The summed E-state index contributed by atoms with van der Waals surface area (Å²) in [5.41, 5.74) is 2.10. The standard InChI is InChI=1S/C17H24N2/c1-2-4-14(5-3-1)16-12-18-10-8-17(16)9-11-19(13-17)15-6-7-15/h1-5,15-16,18H,6-13H2. The van der Waals surface area contributed by atoms with Crippen molar-refractivity contribution in [3.05, 3.63) is 35.9 Å². The number of piperidine rings is 1. The first-order chi connectivity index (χ1) is 9.37. The van der Waals surface area contributed by atoms with Gasteiger partial charge in [0.25, 0.3) is 0 Å². The highest BCUT2D eigenvalue weighted by atomic mass is 15.2. The minimum Gasteiger partial charge on any atom is -0.316 e. The predicted molar refractivity (Wildman–Crippen MR) is 78.3 cm³/mol. The Hall–Kier alpha value is -0.860. The summed E-state index contributed by atoms with van der Waals surface area (Å²) in [6, 6.07) is 12.1. The van der Waals surface area contributed by atoms with E-state index in [1.165, 1.54) is 51.9 Å². The topological polar surface area (TPSA) is 15.3 Å². The van der Waals surface area contributed by atoms with Crippen molar-refractivity contribution in [3.63, 3.8) is 0 Å². The van der Waals surface area contributed by atoms with Crippen molar-refractivity contribution < 1.29 is 0 Å². The molecule has 2 heteroatoms. The lowest BCUT2D eigenvalue weighted by Crippen LogP contribution is -2.45. The molecule has 1 aromatic carbocycles. The summed E-state index contributed by atoms with van der Waals surface area (Å²) in [6.45, 7) is 5.07. The van der Waals surface area contributed by atoms with E-state index in [1.54, 1.807) is 5.56 Å². The van der Waals surface area contributed by atoms with Crippen LogP contribution in [0.5, 0.6) is 0 Å². The van der Waals surface area contributed by atoms with Crippen LogP contribution in [0.3, 0.4) is 0 Å². The van der Waals surface area contributed by atoms with Crippen molar-refractivity contribution in [2.24, 2.45) is 5.41 Å². The van der Waals surface area contributed by atoms with Gasteiger partial charge in [0.05, 0.1) is 0 Å². The van der Waals surface area contributed by atoms with E-state index in [2.05, 4.69) is 40.5 Å². The molecule has 2 heterocycles. The Morgan fingerprint density at radius 2 is 1.95 bits per heavy atom. The third kappa shape index (κ3) is 2.11. The molecule has 2 atom stereocenters. The van der Waals surface area contributed by atoms with E-state index < -0.39 is 0 Å². The van der Waals surface area contributed by atoms with E-state index in [1.807, 2.05) is 0 Å². The Kier molecular flexibility index (Phi) is 2.89. The summed E-state index contributed by atoms with van der Waals surface area (Å²) < 4.78 is 0. The highest BCUT2D eigenvalue weighted by molar-refractivity contribution is 5.25. The van der Waals surface area contributed by atoms with Gasteiger partial charge in [-0.2, -0.15) is 0 Å². The van der Waals surface area contributed by atoms with Crippen molar-refractivity contribution >= 4 is 0 Å². The molecule has 1 N–H and O–H groups in total. The van der Waals surface area contributed by atoms with Crippen molar-refractivity contribution in [2.45, 2.75) is 37.6 Å². The summed E-state index contributed by atoms with van der Waals surface area (Å²) in [5.74, 6) is 0.714. The lowest BCUT2D eigenvalue weighted by atomic mass is 9.67. The van der Waals surface area contributed by atoms with Crippen molar-refractivity contribution in [3.8, 4) is 0 Å². The molecule has 1 aliphatic carbocycles. The van der Waals surface area contributed by atoms with E-state index in [9.17, 15) is 0 Å². The van der Waals surface area contributed by atoms with Crippen LogP contribution in [0.1, 0.15) is 37.2 Å². The first-order valence-corrected chi connectivity index (χ1v) is 7.87. The van der Waals surface area contributed by atoms with E-state index in [-0.39, 0.29) is 0 Å². The molecule has 2 aliphatic heterocycles. The zero-order chi connectivity index (χ0) is 12.7. The highest BCUT2D eigenvalue weighted by Gasteiger charge is 2.48. The molecule has 0 amide bonds. The van der Waals surface area contributed by atoms with Crippen LogP contribution in [0.25, 0.3) is 0 Å². The van der Waals surface area contributed by atoms with Crippen LogP contribution in [0.15, 0.2) is 30.3 Å². The smallest absolute Gasteiger partial charge is 0.00966 e. The average molecular weight is 256 g/mol.